The second kappa shape index (κ2) is 18.5. The van der Waals surface area contributed by atoms with Gasteiger partial charge in [-0.1, -0.05) is 128 Å². The summed E-state index contributed by atoms with van der Waals surface area (Å²) in [6.07, 6.45) is 43.9. The lowest BCUT2D eigenvalue weighted by Crippen LogP contribution is -2.20. The predicted molar refractivity (Wildman–Crippen MR) is 164 cm³/mol. The molecule has 0 saturated carbocycles. The van der Waals surface area contributed by atoms with Crippen molar-refractivity contribution in [2.24, 2.45) is 10.8 Å². The molecular weight excluding hydrogens is 448 g/mol. The lowest BCUT2D eigenvalue weighted by atomic mass is 9.74. The highest BCUT2D eigenvalue weighted by molar-refractivity contribution is 5.29. The Morgan fingerprint density at radius 1 is 0.622 bits per heavy atom. The third-order valence-electron chi connectivity index (χ3n) is 8.52. The van der Waals surface area contributed by atoms with Crippen molar-refractivity contribution >= 4 is 0 Å². The van der Waals surface area contributed by atoms with Crippen molar-refractivity contribution in [2.75, 3.05) is 0 Å². The highest BCUT2D eigenvalue weighted by Gasteiger charge is 2.29. The third-order valence-corrected chi connectivity index (χ3v) is 8.52. The Morgan fingerprint density at radius 2 is 1.00 bits per heavy atom. The number of rotatable bonds is 22. The van der Waals surface area contributed by atoms with E-state index in [0.29, 0.717) is 0 Å². The molecule has 0 fully saturated rings. The maximum atomic E-state index is 6.33. The highest BCUT2D eigenvalue weighted by Crippen LogP contribution is 2.42. The summed E-state index contributed by atoms with van der Waals surface area (Å²) in [7, 11) is 0. The molecule has 37 heavy (non-hydrogen) atoms. The van der Waals surface area contributed by atoms with E-state index >= 15 is 0 Å². The van der Waals surface area contributed by atoms with Crippen LogP contribution in [0.4, 0.5) is 0 Å². The first-order valence-corrected chi connectivity index (χ1v) is 15.8. The van der Waals surface area contributed by atoms with E-state index in [1.807, 2.05) is 0 Å². The summed E-state index contributed by atoms with van der Waals surface area (Å²) in [6, 6.07) is 0. The van der Waals surface area contributed by atoms with Gasteiger partial charge in [-0.3, -0.25) is 0 Å². The Bertz CT molecular complexity index is 702. The molecule has 2 rings (SSSR count). The van der Waals surface area contributed by atoms with Gasteiger partial charge < -0.3 is 4.74 Å². The van der Waals surface area contributed by atoms with Gasteiger partial charge >= 0.3 is 0 Å². The molecule has 2 aliphatic carbocycles. The van der Waals surface area contributed by atoms with Crippen molar-refractivity contribution in [3.05, 3.63) is 73.3 Å². The van der Waals surface area contributed by atoms with Gasteiger partial charge in [0.25, 0.3) is 0 Å². The summed E-state index contributed by atoms with van der Waals surface area (Å²) in [5.41, 5.74) is 0.453. The van der Waals surface area contributed by atoms with Crippen LogP contribution in [-0.4, -0.2) is 0 Å². The first-order valence-electron chi connectivity index (χ1n) is 15.8. The molecule has 0 N–H and O–H groups in total. The molecule has 0 aromatic rings. The highest BCUT2D eigenvalue weighted by atomic mass is 16.5. The van der Waals surface area contributed by atoms with Crippen molar-refractivity contribution in [1.29, 1.82) is 0 Å². The van der Waals surface area contributed by atoms with Crippen LogP contribution in [0.1, 0.15) is 142 Å². The van der Waals surface area contributed by atoms with Gasteiger partial charge in [-0.05, 0) is 73.7 Å². The topological polar surface area (TPSA) is 9.23 Å². The fourth-order valence-electron chi connectivity index (χ4n) is 6.01. The van der Waals surface area contributed by atoms with E-state index in [9.17, 15) is 0 Å². The number of ether oxygens (including phenoxy) is 1. The van der Waals surface area contributed by atoms with Crippen LogP contribution in [0.15, 0.2) is 73.3 Å². The Morgan fingerprint density at radius 3 is 1.32 bits per heavy atom. The zero-order valence-electron chi connectivity index (χ0n) is 24.6. The van der Waals surface area contributed by atoms with E-state index in [1.54, 1.807) is 0 Å². The molecule has 1 nitrogen and oxygen atoms in total. The standard InChI is InChI=1S/C36H58O/c1-5-9-11-13-15-17-19-27-35(25-7-3)29-21-33(22-30-35)37-34-23-31-36(26-8-4,32-24-34)28-20-18-16-14-12-10-6-2/h7-8,21-24,29,31H,3-6,9-20,25-28,30,32H2,1-2H3. The van der Waals surface area contributed by atoms with E-state index in [2.05, 4.69) is 75.6 Å². The predicted octanol–water partition coefficient (Wildman–Crippen LogP) is 12.1. The van der Waals surface area contributed by atoms with E-state index in [0.717, 1.165) is 37.2 Å². The molecule has 2 aliphatic rings. The number of hydrogen-bond acceptors (Lipinski definition) is 1. The van der Waals surface area contributed by atoms with Gasteiger partial charge in [0.1, 0.15) is 11.5 Å². The third kappa shape index (κ3) is 12.1. The fraction of sp³-hybridized carbons (Fsp3) is 0.667. The number of hydrogen-bond donors (Lipinski definition) is 0. The quantitative estimate of drug-likeness (QED) is 0.105. The molecule has 0 aromatic heterocycles. The Kier molecular flexibility index (Phi) is 15.7. The summed E-state index contributed by atoms with van der Waals surface area (Å²) in [5.74, 6) is 2.00. The second-order valence-electron chi connectivity index (χ2n) is 11.8. The van der Waals surface area contributed by atoms with E-state index < -0.39 is 0 Å². The summed E-state index contributed by atoms with van der Waals surface area (Å²) < 4.78 is 6.33. The summed E-state index contributed by atoms with van der Waals surface area (Å²) in [5, 5.41) is 0. The monoisotopic (exact) mass is 506 g/mol. The van der Waals surface area contributed by atoms with Gasteiger partial charge in [0.2, 0.25) is 0 Å². The molecular formula is C36H58O. The maximum absolute atomic E-state index is 6.33. The van der Waals surface area contributed by atoms with Crippen LogP contribution >= 0.6 is 0 Å². The van der Waals surface area contributed by atoms with Gasteiger partial charge in [0.15, 0.2) is 0 Å². The molecule has 2 atom stereocenters. The minimum atomic E-state index is 0.227. The lowest BCUT2D eigenvalue weighted by Gasteiger charge is -2.33. The maximum Gasteiger partial charge on any atom is 0.123 e. The SMILES string of the molecule is C=CCC1(CCCCCCCCC)C=CC(OC2=CCC(CC=C)(CCCCCCCCC)C=C2)=CC1. The average molecular weight is 507 g/mol. The number of allylic oxidation sites excluding steroid dienone is 8. The van der Waals surface area contributed by atoms with Crippen molar-refractivity contribution in [1.82, 2.24) is 0 Å². The van der Waals surface area contributed by atoms with Crippen LogP contribution < -0.4 is 0 Å². The normalized spacial score (nSPS) is 23.0. The minimum Gasteiger partial charge on any atom is -0.458 e. The second-order valence-corrected chi connectivity index (χ2v) is 11.8. The zero-order valence-corrected chi connectivity index (χ0v) is 24.6. The average Bonchev–Trinajstić information content (AvgIpc) is 2.91. The molecule has 0 saturated heterocycles. The van der Waals surface area contributed by atoms with Crippen LogP contribution in [0.2, 0.25) is 0 Å². The Hall–Kier alpha value is -1.76. The summed E-state index contributed by atoms with van der Waals surface area (Å²) >= 11 is 0. The molecule has 1 heteroatoms. The van der Waals surface area contributed by atoms with Crippen LogP contribution in [0.3, 0.4) is 0 Å². The molecule has 0 aliphatic heterocycles. The van der Waals surface area contributed by atoms with Crippen molar-refractivity contribution in [2.45, 2.75) is 142 Å². The fourth-order valence-corrected chi connectivity index (χ4v) is 6.01. The first-order chi connectivity index (χ1) is 18.1. The van der Waals surface area contributed by atoms with Gasteiger partial charge in [-0.2, -0.15) is 0 Å². The van der Waals surface area contributed by atoms with Crippen LogP contribution in [0, 0.1) is 10.8 Å². The molecule has 0 bridgehead atoms. The largest absolute Gasteiger partial charge is 0.458 e. The summed E-state index contributed by atoms with van der Waals surface area (Å²) in [4.78, 5) is 0. The van der Waals surface area contributed by atoms with Crippen molar-refractivity contribution in [3.63, 3.8) is 0 Å². The van der Waals surface area contributed by atoms with Gasteiger partial charge in [-0.25, -0.2) is 0 Å². The lowest BCUT2D eigenvalue weighted by molar-refractivity contribution is 0.283. The van der Waals surface area contributed by atoms with Crippen molar-refractivity contribution in [3.8, 4) is 0 Å². The smallest absolute Gasteiger partial charge is 0.123 e. The molecule has 0 amide bonds. The van der Waals surface area contributed by atoms with Crippen molar-refractivity contribution < 1.29 is 4.74 Å². The van der Waals surface area contributed by atoms with E-state index in [1.165, 1.54) is 103 Å². The van der Waals surface area contributed by atoms with Crippen LogP contribution in [0.25, 0.3) is 0 Å². The van der Waals surface area contributed by atoms with Gasteiger partial charge in [0.05, 0.1) is 0 Å². The van der Waals surface area contributed by atoms with Gasteiger partial charge in [-0.15, -0.1) is 13.2 Å². The van der Waals surface area contributed by atoms with Gasteiger partial charge in [0, 0.05) is 0 Å². The number of unbranched alkanes of at least 4 members (excludes halogenated alkanes) is 12. The summed E-state index contributed by atoms with van der Waals surface area (Å²) in [6.45, 7) is 12.7. The first kappa shape index (κ1) is 31.5. The Labute approximate surface area is 230 Å². The minimum absolute atomic E-state index is 0.227. The molecule has 0 spiro atoms. The van der Waals surface area contributed by atoms with Crippen LogP contribution in [0.5, 0.6) is 0 Å². The van der Waals surface area contributed by atoms with Crippen LogP contribution in [-0.2, 0) is 4.74 Å². The van der Waals surface area contributed by atoms with E-state index in [-0.39, 0.29) is 10.8 Å². The molecule has 0 heterocycles. The zero-order chi connectivity index (χ0) is 26.7. The molecule has 208 valence electrons. The van der Waals surface area contributed by atoms with E-state index in [4.69, 9.17) is 4.74 Å². The molecule has 0 radical (unpaired) electrons. The molecule has 0 aromatic carbocycles. The Balaban J connectivity index is 1.79. The molecule has 2 unspecified atom stereocenters.